The van der Waals surface area contributed by atoms with Gasteiger partial charge in [0.05, 0.1) is 5.92 Å². The molecule has 0 aliphatic carbocycles. The van der Waals surface area contributed by atoms with Crippen molar-refractivity contribution < 1.29 is 9.90 Å². The van der Waals surface area contributed by atoms with Crippen LogP contribution in [0.1, 0.15) is 31.4 Å². The van der Waals surface area contributed by atoms with Crippen LogP contribution >= 0.6 is 0 Å². The van der Waals surface area contributed by atoms with E-state index in [4.69, 9.17) is 0 Å². The van der Waals surface area contributed by atoms with Crippen molar-refractivity contribution in [2.24, 2.45) is 5.92 Å². The Bertz CT molecular complexity index is 456. The second kappa shape index (κ2) is 5.01. The van der Waals surface area contributed by atoms with Crippen molar-refractivity contribution in [3.8, 4) is 0 Å². The number of carboxylic acid groups (broad SMARTS) is 1. The molecule has 0 aromatic heterocycles. The predicted molar refractivity (Wildman–Crippen MR) is 73.1 cm³/mol. The van der Waals surface area contributed by atoms with Gasteiger partial charge in [0.15, 0.2) is 0 Å². The van der Waals surface area contributed by atoms with Gasteiger partial charge in [-0.1, -0.05) is 25.1 Å². The van der Waals surface area contributed by atoms with Crippen molar-refractivity contribution in [1.29, 1.82) is 0 Å². The van der Waals surface area contributed by atoms with Crippen molar-refractivity contribution in [2.75, 3.05) is 11.4 Å². The Morgan fingerprint density at radius 3 is 2.78 bits per heavy atom. The highest BCUT2D eigenvalue weighted by atomic mass is 16.4. The Morgan fingerprint density at radius 1 is 1.50 bits per heavy atom. The normalized spacial score (nSPS) is 23.4. The lowest BCUT2D eigenvalue weighted by atomic mass is 10.0. The summed E-state index contributed by atoms with van der Waals surface area (Å²) < 4.78 is 0. The molecule has 0 spiro atoms. The molecule has 1 fully saturated rings. The minimum atomic E-state index is -0.670. The van der Waals surface area contributed by atoms with E-state index in [1.165, 1.54) is 16.8 Å². The fraction of sp³-hybridized carbons (Fsp3) is 0.533. The van der Waals surface area contributed by atoms with E-state index in [-0.39, 0.29) is 12.0 Å². The number of anilines is 1. The van der Waals surface area contributed by atoms with Crippen LogP contribution in [0.5, 0.6) is 0 Å². The summed E-state index contributed by atoms with van der Waals surface area (Å²) in [6, 6.07) is 6.40. The highest BCUT2D eigenvalue weighted by molar-refractivity contribution is 5.74. The number of para-hydroxylation sites is 1. The molecule has 1 aromatic carbocycles. The molecule has 0 radical (unpaired) electrons. The van der Waals surface area contributed by atoms with Crippen molar-refractivity contribution in [2.45, 2.75) is 39.7 Å². The zero-order valence-electron chi connectivity index (χ0n) is 11.3. The first-order valence-corrected chi connectivity index (χ1v) is 6.64. The molecule has 1 N–H and O–H groups in total. The van der Waals surface area contributed by atoms with Crippen LogP contribution in [0.2, 0.25) is 0 Å². The lowest BCUT2D eigenvalue weighted by Crippen LogP contribution is -2.34. The van der Waals surface area contributed by atoms with Crippen LogP contribution in [-0.4, -0.2) is 23.7 Å². The van der Waals surface area contributed by atoms with Gasteiger partial charge in [-0.3, -0.25) is 4.79 Å². The summed E-state index contributed by atoms with van der Waals surface area (Å²) >= 11 is 0. The fourth-order valence-electron chi connectivity index (χ4n) is 3.00. The molecule has 3 nitrogen and oxygen atoms in total. The summed E-state index contributed by atoms with van der Waals surface area (Å²) in [6.45, 7) is 7.12. The number of hydrogen-bond donors (Lipinski definition) is 1. The molecule has 3 heteroatoms. The fourth-order valence-corrected chi connectivity index (χ4v) is 3.00. The lowest BCUT2D eigenvalue weighted by Gasteiger charge is -2.29. The van der Waals surface area contributed by atoms with Crippen molar-refractivity contribution in [3.05, 3.63) is 29.3 Å². The van der Waals surface area contributed by atoms with Gasteiger partial charge in [-0.25, -0.2) is 0 Å². The largest absolute Gasteiger partial charge is 0.481 e. The molecule has 0 amide bonds. The number of carboxylic acids is 1. The number of carbonyl (C=O) groups is 1. The van der Waals surface area contributed by atoms with Crippen LogP contribution in [0.3, 0.4) is 0 Å². The highest BCUT2D eigenvalue weighted by Crippen LogP contribution is 2.34. The van der Waals surface area contributed by atoms with Gasteiger partial charge in [0.25, 0.3) is 0 Å². The summed E-state index contributed by atoms with van der Waals surface area (Å²) in [4.78, 5) is 13.5. The second-order valence-corrected chi connectivity index (χ2v) is 5.10. The lowest BCUT2D eigenvalue weighted by molar-refractivity contribution is -0.141. The molecule has 0 bridgehead atoms. The van der Waals surface area contributed by atoms with Crippen LogP contribution in [0.25, 0.3) is 0 Å². The van der Waals surface area contributed by atoms with Gasteiger partial charge in [-0.15, -0.1) is 0 Å². The maximum absolute atomic E-state index is 11.2. The van der Waals surface area contributed by atoms with E-state index in [1.54, 1.807) is 0 Å². The Balaban J connectivity index is 2.36. The molecule has 98 valence electrons. The summed E-state index contributed by atoms with van der Waals surface area (Å²) in [5.74, 6) is -0.911. The second-order valence-electron chi connectivity index (χ2n) is 5.10. The first-order chi connectivity index (χ1) is 8.56. The van der Waals surface area contributed by atoms with Crippen LogP contribution in [-0.2, 0) is 11.2 Å². The van der Waals surface area contributed by atoms with Crippen LogP contribution in [0, 0.1) is 12.8 Å². The number of hydrogen-bond acceptors (Lipinski definition) is 2. The molecule has 1 heterocycles. The van der Waals surface area contributed by atoms with Gasteiger partial charge >= 0.3 is 5.97 Å². The Kier molecular flexibility index (Phi) is 3.60. The molecular weight excluding hydrogens is 226 g/mol. The predicted octanol–water partition coefficient (Wildman–Crippen LogP) is 2.86. The molecule has 1 aliphatic rings. The van der Waals surface area contributed by atoms with E-state index in [9.17, 15) is 9.90 Å². The maximum Gasteiger partial charge on any atom is 0.308 e. The van der Waals surface area contributed by atoms with Crippen LogP contribution < -0.4 is 4.90 Å². The zero-order valence-corrected chi connectivity index (χ0v) is 11.3. The number of aliphatic carboxylic acids is 1. The van der Waals surface area contributed by atoms with Gasteiger partial charge in [0.2, 0.25) is 0 Å². The van der Waals surface area contributed by atoms with E-state index in [0.29, 0.717) is 0 Å². The first kappa shape index (κ1) is 12.9. The van der Waals surface area contributed by atoms with Gasteiger partial charge < -0.3 is 10.0 Å². The van der Waals surface area contributed by atoms with E-state index in [0.717, 1.165) is 19.4 Å². The van der Waals surface area contributed by atoms with E-state index in [1.807, 2.05) is 6.92 Å². The number of nitrogens with zero attached hydrogens (tertiary/aromatic N) is 1. The van der Waals surface area contributed by atoms with E-state index in [2.05, 4.69) is 36.9 Å². The zero-order chi connectivity index (χ0) is 13.3. The Morgan fingerprint density at radius 2 is 2.22 bits per heavy atom. The molecule has 18 heavy (non-hydrogen) atoms. The third-order valence-corrected chi connectivity index (χ3v) is 4.06. The molecule has 2 atom stereocenters. The molecule has 2 unspecified atom stereocenters. The van der Waals surface area contributed by atoms with E-state index < -0.39 is 5.97 Å². The maximum atomic E-state index is 11.2. The first-order valence-electron chi connectivity index (χ1n) is 6.64. The minimum absolute atomic E-state index is 0.0777. The third-order valence-electron chi connectivity index (χ3n) is 4.06. The van der Waals surface area contributed by atoms with Gasteiger partial charge in [-0.05, 0) is 37.8 Å². The summed E-state index contributed by atoms with van der Waals surface area (Å²) in [5.41, 5.74) is 3.80. The monoisotopic (exact) mass is 247 g/mol. The quantitative estimate of drug-likeness (QED) is 0.893. The third kappa shape index (κ3) is 2.09. The Hall–Kier alpha value is -1.51. The van der Waals surface area contributed by atoms with Crippen LogP contribution in [0.4, 0.5) is 5.69 Å². The summed E-state index contributed by atoms with van der Waals surface area (Å²) in [6.07, 6.45) is 1.73. The van der Waals surface area contributed by atoms with E-state index >= 15 is 0 Å². The van der Waals surface area contributed by atoms with Crippen molar-refractivity contribution in [1.82, 2.24) is 0 Å². The van der Waals surface area contributed by atoms with Gasteiger partial charge in [-0.2, -0.15) is 0 Å². The number of rotatable bonds is 3. The van der Waals surface area contributed by atoms with Crippen molar-refractivity contribution in [3.63, 3.8) is 0 Å². The Labute approximate surface area is 108 Å². The molecule has 0 saturated carbocycles. The number of benzene rings is 1. The highest BCUT2D eigenvalue weighted by Gasteiger charge is 2.36. The summed E-state index contributed by atoms with van der Waals surface area (Å²) in [7, 11) is 0. The molecule has 1 saturated heterocycles. The number of aryl methyl sites for hydroxylation is 2. The van der Waals surface area contributed by atoms with Gasteiger partial charge in [0.1, 0.15) is 0 Å². The molecule has 1 aromatic rings. The SMILES string of the molecule is CCc1cccc(C)c1N1CCC(C(=O)O)C1C. The smallest absolute Gasteiger partial charge is 0.308 e. The summed E-state index contributed by atoms with van der Waals surface area (Å²) in [5, 5.41) is 9.22. The van der Waals surface area contributed by atoms with Crippen LogP contribution in [0.15, 0.2) is 18.2 Å². The average molecular weight is 247 g/mol. The topological polar surface area (TPSA) is 40.5 Å². The standard InChI is InChI=1S/C15H21NO2/c1-4-12-7-5-6-10(2)14(12)16-9-8-13(11(16)3)15(17)18/h5-7,11,13H,4,8-9H2,1-3H3,(H,17,18). The van der Waals surface area contributed by atoms with Gasteiger partial charge in [0, 0.05) is 18.3 Å². The minimum Gasteiger partial charge on any atom is -0.481 e. The molecule has 2 rings (SSSR count). The molecular formula is C15H21NO2. The molecule has 1 aliphatic heterocycles. The van der Waals surface area contributed by atoms with Crippen molar-refractivity contribution >= 4 is 11.7 Å². The average Bonchev–Trinajstić information content (AvgIpc) is 2.70.